The van der Waals surface area contributed by atoms with Crippen LogP contribution in [0, 0.1) is 12.8 Å². The SMILES string of the molecule is Cc1cc(OCC(=O)N2C[C@@H](N3CCOCC3)[C@@H](C)C2)no1. The van der Waals surface area contributed by atoms with Gasteiger partial charge in [0.2, 0.25) is 0 Å². The van der Waals surface area contributed by atoms with E-state index < -0.39 is 0 Å². The molecule has 0 spiro atoms. The van der Waals surface area contributed by atoms with Gasteiger partial charge in [0, 0.05) is 38.3 Å². The number of morpholine rings is 1. The molecule has 2 atom stereocenters. The molecule has 2 aliphatic rings. The maximum atomic E-state index is 12.3. The van der Waals surface area contributed by atoms with Crippen LogP contribution in [0.5, 0.6) is 5.88 Å². The van der Waals surface area contributed by atoms with Crippen molar-refractivity contribution in [1.29, 1.82) is 0 Å². The molecule has 122 valence electrons. The summed E-state index contributed by atoms with van der Waals surface area (Å²) in [4.78, 5) is 16.6. The third-order valence-electron chi connectivity index (χ3n) is 4.39. The fourth-order valence-electron chi connectivity index (χ4n) is 3.18. The van der Waals surface area contributed by atoms with Crippen molar-refractivity contribution < 1.29 is 18.8 Å². The van der Waals surface area contributed by atoms with Gasteiger partial charge in [-0.15, -0.1) is 0 Å². The molecule has 1 aromatic heterocycles. The second-order valence-corrected chi connectivity index (χ2v) is 6.06. The fourth-order valence-corrected chi connectivity index (χ4v) is 3.18. The molecule has 22 heavy (non-hydrogen) atoms. The molecular formula is C15H23N3O4. The molecule has 2 saturated heterocycles. The molecule has 2 fully saturated rings. The van der Waals surface area contributed by atoms with Crippen LogP contribution in [0.3, 0.4) is 0 Å². The van der Waals surface area contributed by atoms with E-state index in [-0.39, 0.29) is 12.5 Å². The van der Waals surface area contributed by atoms with E-state index in [1.54, 1.807) is 13.0 Å². The fraction of sp³-hybridized carbons (Fsp3) is 0.733. The van der Waals surface area contributed by atoms with E-state index in [0.29, 0.717) is 23.6 Å². The zero-order valence-electron chi connectivity index (χ0n) is 13.2. The molecule has 0 N–H and O–H groups in total. The molecular weight excluding hydrogens is 286 g/mol. The molecule has 0 bridgehead atoms. The lowest BCUT2D eigenvalue weighted by Crippen LogP contribution is -2.47. The number of nitrogens with zero attached hydrogens (tertiary/aromatic N) is 3. The van der Waals surface area contributed by atoms with Crippen molar-refractivity contribution in [2.75, 3.05) is 46.0 Å². The predicted molar refractivity (Wildman–Crippen MR) is 78.7 cm³/mol. The highest BCUT2D eigenvalue weighted by Gasteiger charge is 2.36. The first-order valence-corrected chi connectivity index (χ1v) is 7.79. The molecule has 1 amide bonds. The van der Waals surface area contributed by atoms with Crippen LogP contribution in [0.2, 0.25) is 0 Å². The van der Waals surface area contributed by atoms with Crippen molar-refractivity contribution in [2.45, 2.75) is 19.9 Å². The van der Waals surface area contributed by atoms with E-state index in [2.05, 4.69) is 17.0 Å². The Kier molecular flexibility index (Phi) is 4.63. The third kappa shape index (κ3) is 3.41. The van der Waals surface area contributed by atoms with E-state index in [4.69, 9.17) is 14.0 Å². The molecule has 0 saturated carbocycles. The zero-order valence-corrected chi connectivity index (χ0v) is 13.2. The smallest absolute Gasteiger partial charge is 0.260 e. The van der Waals surface area contributed by atoms with E-state index >= 15 is 0 Å². The summed E-state index contributed by atoms with van der Waals surface area (Å²) in [7, 11) is 0. The highest BCUT2D eigenvalue weighted by Crippen LogP contribution is 2.23. The first-order valence-electron chi connectivity index (χ1n) is 7.79. The summed E-state index contributed by atoms with van der Waals surface area (Å²) in [5.74, 6) is 1.51. The number of carbonyl (C=O) groups is 1. The summed E-state index contributed by atoms with van der Waals surface area (Å²) in [5.41, 5.74) is 0. The Bertz CT molecular complexity index is 513. The number of ether oxygens (including phenoxy) is 2. The molecule has 0 unspecified atom stereocenters. The maximum absolute atomic E-state index is 12.3. The van der Waals surface area contributed by atoms with Gasteiger partial charge < -0.3 is 18.9 Å². The van der Waals surface area contributed by atoms with Crippen molar-refractivity contribution in [3.63, 3.8) is 0 Å². The number of hydrogen-bond acceptors (Lipinski definition) is 6. The van der Waals surface area contributed by atoms with E-state index in [9.17, 15) is 4.79 Å². The summed E-state index contributed by atoms with van der Waals surface area (Å²) in [6, 6.07) is 2.10. The number of likely N-dealkylation sites (tertiary alicyclic amines) is 1. The van der Waals surface area contributed by atoms with Gasteiger partial charge in [-0.3, -0.25) is 9.69 Å². The molecule has 7 heteroatoms. The van der Waals surface area contributed by atoms with Gasteiger partial charge in [-0.25, -0.2) is 0 Å². The lowest BCUT2D eigenvalue weighted by atomic mass is 10.0. The van der Waals surface area contributed by atoms with Crippen molar-refractivity contribution in [3.8, 4) is 5.88 Å². The molecule has 0 aromatic carbocycles. The van der Waals surface area contributed by atoms with Crippen LogP contribution in [0.15, 0.2) is 10.6 Å². The Morgan fingerprint density at radius 3 is 2.86 bits per heavy atom. The van der Waals surface area contributed by atoms with Gasteiger partial charge in [0.05, 0.1) is 13.2 Å². The summed E-state index contributed by atoms with van der Waals surface area (Å²) >= 11 is 0. The molecule has 3 rings (SSSR count). The van der Waals surface area contributed by atoms with E-state index in [0.717, 1.165) is 39.4 Å². The monoisotopic (exact) mass is 309 g/mol. The van der Waals surface area contributed by atoms with Crippen LogP contribution in [0.25, 0.3) is 0 Å². The molecule has 0 aliphatic carbocycles. The number of aryl methyl sites for hydroxylation is 1. The first kappa shape index (κ1) is 15.3. The van der Waals surface area contributed by atoms with Crippen LogP contribution in [-0.4, -0.2) is 72.9 Å². The van der Waals surface area contributed by atoms with Crippen LogP contribution in [0.1, 0.15) is 12.7 Å². The molecule has 7 nitrogen and oxygen atoms in total. The van der Waals surface area contributed by atoms with Gasteiger partial charge in [0.25, 0.3) is 11.8 Å². The predicted octanol–water partition coefficient (Wildman–Crippen LogP) is 0.541. The minimum Gasteiger partial charge on any atom is -0.465 e. The molecule has 1 aromatic rings. The number of carbonyl (C=O) groups excluding carboxylic acids is 1. The van der Waals surface area contributed by atoms with E-state index in [1.807, 2.05) is 4.90 Å². The minimum absolute atomic E-state index is 0.00302. The molecule has 0 radical (unpaired) electrons. The first-order chi connectivity index (χ1) is 10.6. The molecule has 3 heterocycles. The van der Waals surface area contributed by atoms with Gasteiger partial charge in [0.15, 0.2) is 6.61 Å². The lowest BCUT2D eigenvalue weighted by Gasteiger charge is -2.33. The normalized spacial score (nSPS) is 26.4. The van der Waals surface area contributed by atoms with Crippen LogP contribution in [-0.2, 0) is 9.53 Å². The average Bonchev–Trinajstić information content (AvgIpc) is 3.12. The van der Waals surface area contributed by atoms with Crippen molar-refractivity contribution in [2.24, 2.45) is 5.92 Å². The topological polar surface area (TPSA) is 68.0 Å². The van der Waals surface area contributed by atoms with Crippen molar-refractivity contribution in [3.05, 3.63) is 11.8 Å². The summed E-state index contributed by atoms with van der Waals surface area (Å²) in [6.45, 7) is 9.01. The Morgan fingerprint density at radius 2 is 2.18 bits per heavy atom. The Hall–Kier alpha value is -1.60. The second kappa shape index (κ2) is 6.66. The van der Waals surface area contributed by atoms with Crippen molar-refractivity contribution >= 4 is 5.91 Å². The molecule has 2 aliphatic heterocycles. The average molecular weight is 309 g/mol. The van der Waals surface area contributed by atoms with Gasteiger partial charge in [-0.1, -0.05) is 6.92 Å². The summed E-state index contributed by atoms with van der Waals surface area (Å²) in [5, 5.41) is 3.73. The highest BCUT2D eigenvalue weighted by molar-refractivity contribution is 5.78. The van der Waals surface area contributed by atoms with Crippen molar-refractivity contribution in [1.82, 2.24) is 15.0 Å². The van der Waals surface area contributed by atoms with Gasteiger partial charge in [-0.05, 0) is 18.0 Å². The summed E-state index contributed by atoms with van der Waals surface area (Å²) in [6.07, 6.45) is 0. The number of rotatable bonds is 4. The number of aromatic nitrogens is 1. The largest absolute Gasteiger partial charge is 0.465 e. The Balaban J connectivity index is 1.51. The second-order valence-electron chi connectivity index (χ2n) is 6.06. The maximum Gasteiger partial charge on any atom is 0.260 e. The van der Waals surface area contributed by atoms with E-state index in [1.165, 1.54) is 0 Å². The minimum atomic E-state index is 0.00302. The van der Waals surface area contributed by atoms with Gasteiger partial charge in [-0.2, -0.15) is 0 Å². The van der Waals surface area contributed by atoms with Crippen LogP contribution >= 0.6 is 0 Å². The zero-order chi connectivity index (χ0) is 15.5. The Morgan fingerprint density at radius 1 is 1.41 bits per heavy atom. The standard InChI is InChI=1S/C15H23N3O4/c1-11-8-18(9-13(11)17-3-5-20-6-4-17)15(19)10-21-14-7-12(2)22-16-14/h7,11,13H,3-6,8-10H2,1-2H3/t11-,13+/m0/s1. The number of amides is 1. The number of hydrogen-bond donors (Lipinski definition) is 0. The van der Waals surface area contributed by atoms with Gasteiger partial charge in [0.1, 0.15) is 5.76 Å². The van der Waals surface area contributed by atoms with Gasteiger partial charge >= 0.3 is 0 Å². The van der Waals surface area contributed by atoms with Crippen LogP contribution < -0.4 is 4.74 Å². The quantitative estimate of drug-likeness (QED) is 0.809. The van der Waals surface area contributed by atoms with Crippen LogP contribution in [0.4, 0.5) is 0 Å². The third-order valence-corrected chi connectivity index (χ3v) is 4.39. The summed E-state index contributed by atoms with van der Waals surface area (Å²) < 4.78 is 15.7. The highest BCUT2D eigenvalue weighted by atomic mass is 16.5. The Labute approximate surface area is 130 Å². The lowest BCUT2D eigenvalue weighted by molar-refractivity contribution is -0.132.